The van der Waals surface area contributed by atoms with Crippen LogP contribution in [0.25, 0.3) is 0 Å². The molecule has 1 aliphatic rings. The van der Waals surface area contributed by atoms with Crippen LogP contribution in [0.3, 0.4) is 0 Å². The van der Waals surface area contributed by atoms with Gasteiger partial charge in [0, 0.05) is 19.7 Å². The Labute approximate surface area is 109 Å². The molecule has 0 heterocycles. The van der Waals surface area contributed by atoms with E-state index in [4.69, 9.17) is 10.5 Å². The minimum absolute atomic E-state index is 0.101. The third-order valence-corrected chi connectivity index (χ3v) is 4.00. The molecule has 0 saturated heterocycles. The summed E-state index contributed by atoms with van der Waals surface area (Å²) in [5, 5.41) is 3.16. The van der Waals surface area contributed by atoms with E-state index in [2.05, 4.69) is 21.2 Å². The summed E-state index contributed by atoms with van der Waals surface area (Å²) in [6, 6.07) is 2.97. The number of rotatable bonds is 4. The molecule has 0 amide bonds. The van der Waals surface area contributed by atoms with Crippen LogP contribution < -0.4 is 11.1 Å². The molecular weight excluding hydrogens is 287 g/mol. The summed E-state index contributed by atoms with van der Waals surface area (Å²) in [4.78, 5) is 0. The van der Waals surface area contributed by atoms with Gasteiger partial charge < -0.3 is 15.8 Å². The molecule has 3 nitrogen and oxygen atoms in total. The quantitative estimate of drug-likeness (QED) is 0.840. The van der Waals surface area contributed by atoms with Crippen LogP contribution >= 0.6 is 15.9 Å². The van der Waals surface area contributed by atoms with Crippen molar-refractivity contribution in [3.05, 3.63) is 22.4 Å². The molecule has 1 aromatic carbocycles. The Morgan fingerprint density at radius 3 is 2.76 bits per heavy atom. The summed E-state index contributed by atoms with van der Waals surface area (Å²) >= 11 is 3.10. The average molecular weight is 303 g/mol. The lowest BCUT2D eigenvalue weighted by molar-refractivity contribution is -0.0601. The minimum atomic E-state index is -0.318. The van der Waals surface area contributed by atoms with Crippen LogP contribution in [-0.2, 0) is 4.74 Å². The third-order valence-electron chi connectivity index (χ3n) is 3.39. The molecule has 94 valence electrons. The SMILES string of the molecule is COC1(CNc2cc(F)c(Br)cc2N)CCC1. The molecule has 0 aliphatic heterocycles. The lowest BCUT2D eigenvalue weighted by Crippen LogP contribution is -2.45. The number of ether oxygens (including phenoxy) is 1. The van der Waals surface area contributed by atoms with Crippen LogP contribution in [0.15, 0.2) is 16.6 Å². The van der Waals surface area contributed by atoms with Gasteiger partial charge in [-0.15, -0.1) is 0 Å². The van der Waals surface area contributed by atoms with Crippen molar-refractivity contribution in [1.82, 2.24) is 0 Å². The van der Waals surface area contributed by atoms with Crippen molar-refractivity contribution in [2.45, 2.75) is 24.9 Å². The molecule has 1 fully saturated rings. The van der Waals surface area contributed by atoms with E-state index in [1.807, 2.05) is 0 Å². The number of hydrogen-bond acceptors (Lipinski definition) is 3. The molecule has 1 saturated carbocycles. The highest BCUT2D eigenvalue weighted by atomic mass is 79.9. The molecule has 0 bridgehead atoms. The van der Waals surface area contributed by atoms with Crippen molar-refractivity contribution in [2.75, 3.05) is 24.7 Å². The summed E-state index contributed by atoms with van der Waals surface area (Å²) in [5.41, 5.74) is 6.87. The lowest BCUT2D eigenvalue weighted by atomic mass is 9.80. The number of nitrogens with two attached hydrogens (primary N) is 1. The normalized spacial score (nSPS) is 17.6. The zero-order valence-electron chi connectivity index (χ0n) is 9.72. The first-order valence-corrected chi connectivity index (χ1v) is 6.39. The molecule has 5 heteroatoms. The van der Waals surface area contributed by atoms with E-state index >= 15 is 0 Å². The van der Waals surface area contributed by atoms with Gasteiger partial charge in [0.05, 0.1) is 21.4 Å². The van der Waals surface area contributed by atoms with Gasteiger partial charge in [-0.25, -0.2) is 4.39 Å². The van der Waals surface area contributed by atoms with Gasteiger partial charge in [-0.05, 0) is 41.3 Å². The van der Waals surface area contributed by atoms with Gasteiger partial charge >= 0.3 is 0 Å². The Bertz CT molecular complexity index is 416. The molecule has 17 heavy (non-hydrogen) atoms. The van der Waals surface area contributed by atoms with Crippen LogP contribution in [-0.4, -0.2) is 19.3 Å². The fraction of sp³-hybridized carbons (Fsp3) is 0.500. The van der Waals surface area contributed by atoms with Crippen molar-refractivity contribution in [3.63, 3.8) is 0 Å². The Kier molecular flexibility index (Phi) is 3.58. The maximum atomic E-state index is 13.4. The first-order valence-electron chi connectivity index (χ1n) is 5.60. The Balaban J connectivity index is 2.06. The van der Waals surface area contributed by atoms with E-state index in [0.29, 0.717) is 22.4 Å². The Morgan fingerprint density at radius 2 is 2.24 bits per heavy atom. The predicted molar refractivity (Wildman–Crippen MR) is 70.6 cm³/mol. The van der Waals surface area contributed by atoms with Crippen LogP contribution in [0.4, 0.5) is 15.8 Å². The molecule has 0 aromatic heterocycles. The fourth-order valence-electron chi connectivity index (χ4n) is 2.00. The summed E-state index contributed by atoms with van der Waals surface area (Å²) in [5.74, 6) is -0.318. The molecule has 0 radical (unpaired) electrons. The van der Waals surface area contributed by atoms with Gasteiger partial charge in [0.1, 0.15) is 5.82 Å². The number of anilines is 2. The maximum Gasteiger partial charge on any atom is 0.139 e. The molecule has 3 N–H and O–H groups in total. The largest absolute Gasteiger partial charge is 0.397 e. The first kappa shape index (κ1) is 12.6. The predicted octanol–water partition coefficient (Wildman–Crippen LogP) is 3.15. The molecule has 0 spiro atoms. The first-order chi connectivity index (χ1) is 8.06. The number of nitrogens with one attached hydrogen (secondary N) is 1. The fourth-order valence-corrected chi connectivity index (χ4v) is 2.36. The van der Waals surface area contributed by atoms with Gasteiger partial charge in [0.2, 0.25) is 0 Å². The van der Waals surface area contributed by atoms with Gasteiger partial charge in [0.15, 0.2) is 0 Å². The molecule has 1 aromatic rings. The molecule has 0 unspecified atom stereocenters. The van der Waals surface area contributed by atoms with Crippen LogP contribution in [0.5, 0.6) is 0 Å². The average Bonchev–Trinajstić information content (AvgIpc) is 2.24. The summed E-state index contributed by atoms with van der Waals surface area (Å²) in [6.45, 7) is 0.661. The molecule has 1 aliphatic carbocycles. The minimum Gasteiger partial charge on any atom is -0.397 e. The van der Waals surface area contributed by atoms with Gasteiger partial charge in [-0.2, -0.15) is 0 Å². The van der Waals surface area contributed by atoms with Gasteiger partial charge in [-0.3, -0.25) is 0 Å². The van der Waals surface area contributed by atoms with Gasteiger partial charge in [0.25, 0.3) is 0 Å². The smallest absolute Gasteiger partial charge is 0.139 e. The highest BCUT2D eigenvalue weighted by Crippen LogP contribution is 2.36. The highest BCUT2D eigenvalue weighted by molar-refractivity contribution is 9.10. The maximum absolute atomic E-state index is 13.4. The third kappa shape index (κ3) is 2.55. The zero-order chi connectivity index (χ0) is 12.5. The van der Waals surface area contributed by atoms with Crippen LogP contribution in [0.1, 0.15) is 19.3 Å². The molecule has 0 atom stereocenters. The second-order valence-electron chi connectivity index (χ2n) is 4.45. The van der Waals surface area contributed by atoms with Crippen molar-refractivity contribution in [1.29, 1.82) is 0 Å². The van der Waals surface area contributed by atoms with Crippen LogP contribution in [0, 0.1) is 5.82 Å². The number of nitrogen functional groups attached to an aromatic ring is 1. The number of methoxy groups -OCH3 is 1. The second-order valence-corrected chi connectivity index (χ2v) is 5.30. The standard InChI is InChI=1S/C12H16BrFN2O/c1-17-12(3-2-4-12)7-16-11-6-9(14)8(13)5-10(11)15/h5-6,16H,2-4,7,15H2,1H3. The van der Waals surface area contributed by atoms with E-state index < -0.39 is 0 Å². The second kappa shape index (κ2) is 4.82. The van der Waals surface area contributed by atoms with E-state index in [1.165, 1.54) is 12.5 Å². The zero-order valence-corrected chi connectivity index (χ0v) is 11.3. The van der Waals surface area contributed by atoms with Crippen molar-refractivity contribution >= 4 is 27.3 Å². The summed E-state index contributed by atoms with van der Waals surface area (Å²) in [7, 11) is 1.71. The Hall–Kier alpha value is -0.810. The monoisotopic (exact) mass is 302 g/mol. The van der Waals surface area contributed by atoms with Crippen molar-refractivity contribution in [3.8, 4) is 0 Å². The molecule has 2 rings (SSSR count). The van der Waals surface area contributed by atoms with E-state index in [1.54, 1.807) is 13.2 Å². The summed E-state index contributed by atoms with van der Waals surface area (Å²) in [6.07, 6.45) is 3.25. The number of benzene rings is 1. The van der Waals surface area contributed by atoms with E-state index in [0.717, 1.165) is 12.8 Å². The van der Waals surface area contributed by atoms with Crippen molar-refractivity contribution in [2.24, 2.45) is 0 Å². The van der Waals surface area contributed by atoms with Crippen molar-refractivity contribution < 1.29 is 9.13 Å². The number of hydrogen-bond donors (Lipinski definition) is 2. The topological polar surface area (TPSA) is 47.3 Å². The highest BCUT2D eigenvalue weighted by Gasteiger charge is 2.36. The van der Waals surface area contributed by atoms with E-state index in [9.17, 15) is 4.39 Å². The summed E-state index contributed by atoms with van der Waals surface area (Å²) < 4.78 is 19.2. The molecular formula is C12H16BrFN2O. The van der Waals surface area contributed by atoms with Gasteiger partial charge in [-0.1, -0.05) is 0 Å². The lowest BCUT2D eigenvalue weighted by Gasteiger charge is -2.40. The van der Waals surface area contributed by atoms with Crippen LogP contribution in [0.2, 0.25) is 0 Å². The van der Waals surface area contributed by atoms with E-state index in [-0.39, 0.29) is 11.4 Å². The Morgan fingerprint density at radius 1 is 1.53 bits per heavy atom. The number of halogens is 2.